The molecule has 0 radical (unpaired) electrons. The molecule has 1 amide bonds. The number of likely N-dealkylation sites (N-methyl/N-ethyl adjacent to an activating group) is 2. The molecule has 128 valence electrons. The average molecular weight is 319 g/mol. The predicted octanol–water partition coefficient (Wildman–Crippen LogP) is 3.01. The van der Waals surface area contributed by atoms with E-state index in [-0.39, 0.29) is 12.3 Å². The molecule has 3 aliphatic rings. The van der Waals surface area contributed by atoms with Gasteiger partial charge in [-0.3, -0.25) is 14.7 Å². The summed E-state index contributed by atoms with van der Waals surface area (Å²) < 4.78 is 4.88. The van der Waals surface area contributed by atoms with Crippen LogP contribution in [0, 0.1) is 5.92 Å². The molecule has 1 saturated carbocycles. The van der Waals surface area contributed by atoms with Gasteiger partial charge in [-0.1, -0.05) is 25.8 Å². The van der Waals surface area contributed by atoms with Crippen molar-refractivity contribution in [2.45, 2.75) is 57.3 Å². The van der Waals surface area contributed by atoms with Crippen molar-refractivity contribution in [2.24, 2.45) is 5.92 Å². The Morgan fingerprint density at radius 2 is 1.83 bits per heavy atom. The first-order valence-corrected chi connectivity index (χ1v) is 8.78. The Morgan fingerprint density at radius 1 is 1.22 bits per heavy atom. The number of ether oxygens (including phenoxy) is 1. The van der Waals surface area contributed by atoms with E-state index in [0.29, 0.717) is 18.0 Å². The van der Waals surface area contributed by atoms with Crippen molar-refractivity contribution in [1.29, 1.82) is 0 Å². The first-order valence-electron chi connectivity index (χ1n) is 8.78. The van der Waals surface area contributed by atoms with E-state index in [4.69, 9.17) is 4.74 Å². The predicted molar refractivity (Wildman–Crippen MR) is 90.6 cm³/mol. The van der Waals surface area contributed by atoms with Gasteiger partial charge in [0.2, 0.25) is 0 Å². The molecule has 0 aromatic heterocycles. The third-order valence-corrected chi connectivity index (χ3v) is 5.83. The second kappa shape index (κ2) is 6.65. The maximum Gasteiger partial charge on any atom is 0.417 e. The van der Waals surface area contributed by atoms with Gasteiger partial charge in [-0.2, -0.15) is 0 Å². The van der Waals surface area contributed by atoms with Crippen molar-refractivity contribution in [3.05, 3.63) is 24.0 Å². The van der Waals surface area contributed by atoms with Crippen molar-refractivity contribution in [1.82, 2.24) is 14.7 Å². The van der Waals surface area contributed by atoms with Crippen LogP contribution < -0.4 is 0 Å². The van der Waals surface area contributed by atoms with Crippen molar-refractivity contribution in [3.8, 4) is 0 Å². The van der Waals surface area contributed by atoms with Gasteiger partial charge in [0.1, 0.15) is 0 Å². The molecule has 0 aromatic rings. The topological polar surface area (TPSA) is 36.0 Å². The van der Waals surface area contributed by atoms with Gasteiger partial charge in [-0.25, -0.2) is 4.79 Å². The van der Waals surface area contributed by atoms with Crippen LogP contribution in [0.2, 0.25) is 0 Å². The smallest absolute Gasteiger partial charge is 0.417 e. The molecule has 0 N–H and O–H groups in total. The molecule has 1 unspecified atom stereocenters. The summed E-state index contributed by atoms with van der Waals surface area (Å²) in [5, 5.41) is 0. The highest BCUT2D eigenvalue weighted by atomic mass is 16.5. The monoisotopic (exact) mass is 319 g/mol. The van der Waals surface area contributed by atoms with E-state index in [0.717, 1.165) is 6.42 Å². The first kappa shape index (κ1) is 16.5. The number of carbonyl (C=O) groups is 1. The van der Waals surface area contributed by atoms with E-state index >= 15 is 0 Å². The summed E-state index contributed by atoms with van der Waals surface area (Å²) in [6, 6.07) is 1.27. The number of methoxy groups -OCH3 is 1. The van der Waals surface area contributed by atoms with Gasteiger partial charge in [-0.05, 0) is 38.9 Å². The number of fused-ring (bicyclic) bond motifs is 1. The largest absolute Gasteiger partial charge is 0.452 e. The van der Waals surface area contributed by atoms with Crippen LogP contribution in [0.4, 0.5) is 4.79 Å². The number of allylic oxidation sites excluding steroid dienone is 1. The normalized spacial score (nSPS) is 32.8. The van der Waals surface area contributed by atoms with Gasteiger partial charge in [0.25, 0.3) is 0 Å². The van der Waals surface area contributed by atoms with E-state index < -0.39 is 0 Å². The summed E-state index contributed by atoms with van der Waals surface area (Å²) in [5.41, 5.74) is 1.31. The standard InChI is InChI=1S/C18H29N3O2/c1-5-13-10-11-21(18(22)23-4)12-14(13)17-19(2)15-8-6-7-9-16(15)20(17)3/h10-13,15-17H,5-9H2,1-4H3/t13?,15-,16-/m1/s1. The number of rotatable bonds is 2. The summed E-state index contributed by atoms with van der Waals surface area (Å²) in [5.74, 6) is 0.381. The quantitative estimate of drug-likeness (QED) is 0.784. The lowest BCUT2D eigenvalue weighted by Crippen LogP contribution is -2.42. The van der Waals surface area contributed by atoms with Crippen LogP contribution >= 0.6 is 0 Å². The van der Waals surface area contributed by atoms with Gasteiger partial charge in [0.05, 0.1) is 13.3 Å². The molecule has 2 aliphatic heterocycles. The lowest BCUT2D eigenvalue weighted by molar-refractivity contribution is 0.147. The number of hydrogen-bond donors (Lipinski definition) is 0. The van der Waals surface area contributed by atoms with Crippen LogP contribution in [0.15, 0.2) is 24.0 Å². The summed E-state index contributed by atoms with van der Waals surface area (Å²) in [7, 11) is 5.91. The third-order valence-electron chi connectivity index (χ3n) is 5.83. The minimum absolute atomic E-state index is 0.269. The zero-order chi connectivity index (χ0) is 16.6. The Kier molecular flexibility index (Phi) is 4.78. The molecule has 2 fully saturated rings. The fourth-order valence-electron chi connectivity index (χ4n) is 4.62. The molecule has 0 aromatic carbocycles. The van der Waals surface area contributed by atoms with E-state index in [1.54, 1.807) is 4.90 Å². The van der Waals surface area contributed by atoms with Crippen molar-refractivity contribution in [2.75, 3.05) is 21.2 Å². The molecule has 3 rings (SSSR count). The molecule has 5 nitrogen and oxygen atoms in total. The molecule has 5 heteroatoms. The number of hydrogen-bond acceptors (Lipinski definition) is 4. The van der Waals surface area contributed by atoms with Crippen LogP contribution in [-0.2, 0) is 4.74 Å². The van der Waals surface area contributed by atoms with Crippen LogP contribution in [-0.4, -0.2) is 60.2 Å². The van der Waals surface area contributed by atoms with Gasteiger partial charge in [0.15, 0.2) is 0 Å². The molecular weight excluding hydrogens is 290 g/mol. The zero-order valence-corrected chi connectivity index (χ0v) is 14.7. The van der Waals surface area contributed by atoms with E-state index in [9.17, 15) is 4.79 Å². The Balaban J connectivity index is 1.90. The molecule has 1 saturated heterocycles. The molecule has 2 heterocycles. The number of amides is 1. The van der Waals surface area contributed by atoms with Crippen LogP contribution in [0.3, 0.4) is 0 Å². The van der Waals surface area contributed by atoms with Gasteiger partial charge in [-0.15, -0.1) is 0 Å². The Hall–Kier alpha value is -1.33. The van der Waals surface area contributed by atoms with E-state index in [1.165, 1.54) is 38.4 Å². The molecule has 23 heavy (non-hydrogen) atoms. The molecule has 0 spiro atoms. The van der Waals surface area contributed by atoms with Crippen molar-refractivity contribution < 1.29 is 9.53 Å². The van der Waals surface area contributed by atoms with Crippen LogP contribution in [0.1, 0.15) is 39.0 Å². The summed E-state index contributed by atoms with van der Waals surface area (Å²) in [4.78, 5) is 18.5. The third kappa shape index (κ3) is 2.81. The minimum Gasteiger partial charge on any atom is -0.452 e. The van der Waals surface area contributed by atoms with Crippen molar-refractivity contribution >= 4 is 6.09 Å². The highest BCUT2D eigenvalue weighted by Crippen LogP contribution is 2.40. The van der Waals surface area contributed by atoms with Crippen LogP contribution in [0.25, 0.3) is 0 Å². The first-order chi connectivity index (χ1) is 11.1. The number of carbonyl (C=O) groups excluding carboxylic acids is 1. The average Bonchev–Trinajstić information content (AvgIpc) is 2.85. The maximum absolute atomic E-state index is 11.9. The van der Waals surface area contributed by atoms with E-state index in [2.05, 4.69) is 36.9 Å². The lowest BCUT2D eigenvalue weighted by Gasteiger charge is -2.35. The van der Waals surface area contributed by atoms with Crippen molar-refractivity contribution in [3.63, 3.8) is 0 Å². The maximum atomic E-state index is 11.9. The fraction of sp³-hybridized carbons (Fsp3) is 0.722. The Morgan fingerprint density at radius 3 is 2.35 bits per heavy atom. The molecule has 3 atom stereocenters. The molecular formula is C18H29N3O2. The van der Waals surface area contributed by atoms with Gasteiger partial charge >= 0.3 is 6.09 Å². The highest BCUT2D eigenvalue weighted by Gasteiger charge is 2.46. The summed E-state index contributed by atoms with van der Waals surface area (Å²) >= 11 is 0. The Bertz CT molecular complexity index is 498. The summed E-state index contributed by atoms with van der Waals surface area (Å²) in [6.45, 7) is 2.21. The summed E-state index contributed by atoms with van der Waals surface area (Å²) in [6.07, 6.45) is 12.2. The highest BCUT2D eigenvalue weighted by molar-refractivity contribution is 5.70. The van der Waals surface area contributed by atoms with Gasteiger partial charge in [0, 0.05) is 30.4 Å². The second-order valence-corrected chi connectivity index (χ2v) is 6.99. The molecule has 0 bridgehead atoms. The van der Waals surface area contributed by atoms with Crippen LogP contribution in [0.5, 0.6) is 0 Å². The Labute approximate surface area is 139 Å². The molecule has 1 aliphatic carbocycles. The van der Waals surface area contributed by atoms with E-state index in [1.807, 2.05) is 12.4 Å². The SMILES string of the molecule is CCC1C=CN(C(=O)OC)C=C1C1N(C)[C@@H]2CCCC[C@H]2N1C. The zero-order valence-electron chi connectivity index (χ0n) is 14.7. The minimum atomic E-state index is -0.325. The fourth-order valence-corrected chi connectivity index (χ4v) is 4.62. The van der Waals surface area contributed by atoms with Gasteiger partial charge < -0.3 is 4.74 Å². The lowest BCUT2D eigenvalue weighted by atomic mass is 9.91. The number of nitrogens with zero attached hydrogens (tertiary/aromatic N) is 3. The second-order valence-electron chi connectivity index (χ2n) is 6.99.